The van der Waals surface area contributed by atoms with Crippen LogP contribution >= 0.6 is 0 Å². The molecule has 0 unspecified atom stereocenters. The van der Waals surface area contributed by atoms with Gasteiger partial charge in [0.1, 0.15) is 11.6 Å². The number of imidazole rings is 1. The van der Waals surface area contributed by atoms with E-state index in [1.165, 1.54) is 18.2 Å². The molecule has 1 atom stereocenters. The third-order valence-electron chi connectivity index (χ3n) is 9.49. The molecule has 53 heavy (non-hydrogen) atoms. The maximum absolute atomic E-state index is 14.0. The van der Waals surface area contributed by atoms with Crippen molar-refractivity contribution in [3.63, 3.8) is 0 Å². The minimum atomic E-state index is -0.973. The van der Waals surface area contributed by atoms with Crippen molar-refractivity contribution in [1.82, 2.24) is 25.2 Å². The number of nitrogens with one attached hydrogen (secondary N) is 3. The van der Waals surface area contributed by atoms with Gasteiger partial charge in [0.15, 0.2) is 11.5 Å². The second-order valence-electron chi connectivity index (χ2n) is 12.8. The molecule has 0 aliphatic carbocycles. The molecule has 0 spiro atoms. The van der Waals surface area contributed by atoms with Crippen LogP contribution in [-0.4, -0.2) is 49.1 Å². The number of hydrogen-bond acceptors (Lipinski definition) is 5. The number of aromatic hydroxyl groups is 2. The van der Waals surface area contributed by atoms with Crippen LogP contribution in [0.4, 0.5) is 0 Å². The summed E-state index contributed by atoms with van der Waals surface area (Å²) in [5, 5.41) is 26.6. The number of carbonyl (C=O) groups is 2. The van der Waals surface area contributed by atoms with Crippen molar-refractivity contribution in [3.05, 3.63) is 192 Å². The molecule has 2 aromatic heterocycles. The van der Waals surface area contributed by atoms with Crippen LogP contribution in [0.2, 0.25) is 0 Å². The van der Waals surface area contributed by atoms with Gasteiger partial charge in [0, 0.05) is 48.0 Å². The number of hydrogen-bond donors (Lipinski definition) is 5. The molecule has 0 aliphatic heterocycles. The molecule has 5 aromatic carbocycles. The average molecular weight is 702 g/mol. The van der Waals surface area contributed by atoms with E-state index in [1.807, 2.05) is 85.1 Å². The summed E-state index contributed by atoms with van der Waals surface area (Å²) in [6, 6.07) is 42.0. The van der Waals surface area contributed by atoms with Crippen LogP contribution in [0.1, 0.15) is 33.5 Å². The lowest BCUT2D eigenvalue weighted by atomic mass is 9.76. The Kier molecular flexibility index (Phi) is 10.2. The van der Waals surface area contributed by atoms with E-state index in [9.17, 15) is 19.8 Å². The van der Waals surface area contributed by atoms with E-state index in [0.29, 0.717) is 6.42 Å². The molecule has 0 fully saturated rings. The quantitative estimate of drug-likeness (QED) is 0.0518. The van der Waals surface area contributed by atoms with E-state index in [4.69, 9.17) is 0 Å². The summed E-state index contributed by atoms with van der Waals surface area (Å²) in [6.07, 6.45) is 9.08. The van der Waals surface area contributed by atoms with E-state index < -0.39 is 17.5 Å². The number of fused-ring (bicyclic) bond motifs is 1. The number of H-pyrrole nitrogens is 1. The number of aromatic amines is 1. The van der Waals surface area contributed by atoms with Crippen molar-refractivity contribution in [1.29, 1.82) is 0 Å². The Morgan fingerprint density at radius 1 is 0.792 bits per heavy atom. The molecule has 0 bridgehead atoms. The Morgan fingerprint density at radius 2 is 1.42 bits per heavy atom. The Morgan fingerprint density at radius 3 is 2.06 bits per heavy atom. The van der Waals surface area contributed by atoms with Crippen LogP contribution in [0, 0.1) is 0 Å². The van der Waals surface area contributed by atoms with E-state index in [2.05, 4.69) is 61.6 Å². The first-order valence-corrected chi connectivity index (χ1v) is 17.4. The molecule has 5 N–H and O–H groups in total. The highest BCUT2D eigenvalue weighted by molar-refractivity contribution is 5.98. The molecule has 7 rings (SSSR count). The lowest BCUT2D eigenvalue weighted by molar-refractivity contribution is -0.127. The number of rotatable bonds is 13. The fourth-order valence-electron chi connectivity index (χ4n) is 6.94. The Balaban J connectivity index is 1.24. The van der Waals surface area contributed by atoms with Gasteiger partial charge in [-0.15, -0.1) is 0 Å². The molecule has 264 valence electrons. The molecular formula is C44H39N5O4. The minimum absolute atomic E-state index is 0.132. The molecule has 0 radical (unpaired) electrons. The summed E-state index contributed by atoms with van der Waals surface area (Å²) < 4.78 is 2.10. The minimum Gasteiger partial charge on any atom is -0.504 e. The number of amides is 2. The molecule has 9 nitrogen and oxygen atoms in total. The summed E-state index contributed by atoms with van der Waals surface area (Å²) in [5.74, 6) is -1.24. The maximum Gasteiger partial charge on any atom is 0.244 e. The van der Waals surface area contributed by atoms with Crippen molar-refractivity contribution in [2.24, 2.45) is 0 Å². The summed E-state index contributed by atoms with van der Waals surface area (Å²) in [5.41, 5.74) is 5.41. The molecule has 7 aromatic rings. The number of phenols is 2. The topological polar surface area (TPSA) is 132 Å². The van der Waals surface area contributed by atoms with Gasteiger partial charge < -0.3 is 30.4 Å². The monoisotopic (exact) mass is 701 g/mol. The van der Waals surface area contributed by atoms with Gasteiger partial charge in [0.25, 0.3) is 0 Å². The van der Waals surface area contributed by atoms with Crippen LogP contribution in [0.15, 0.2) is 158 Å². The predicted octanol–water partition coefficient (Wildman–Crippen LogP) is 6.72. The molecule has 2 heterocycles. The number of para-hydroxylation sites is 1. The predicted molar refractivity (Wildman–Crippen MR) is 206 cm³/mol. The van der Waals surface area contributed by atoms with Crippen molar-refractivity contribution in [2.45, 2.75) is 24.4 Å². The first-order valence-electron chi connectivity index (χ1n) is 17.4. The highest BCUT2D eigenvalue weighted by atomic mass is 16.3. The third kappa shape index (κ3) is 7.31. The summed E-state index contributed by atoms with van der Waals surface area (Å²) in [6.45, 7) is 0.238. The number of benzene rings is 5. The zero-order valence-electron chi connectivity index (χ0n) is 28.9. The zero-order valence-corrected chi connectivity index (χ0v) is 28.9. The fourth-order valence-corrected chi connectivity index (χ4v) is 6.94. The van der Waals surface area contributed by atoms with Crippen molar-refractivity contribution in [2.75, 3.05) is 6.54 Å². The van der Waals surface area contributed by atoms with Crippen LogP contribution in [-0.2, 0) is 28.0 Å². The van der Waals surface area contributed by atoms with Crippen LogP contribution < -0.4 is 10.6 Å². The van der Waals surface area contributed by atoms with E-state index in [1.54, 1.807) is 24.7 Å². The van der Waals surface area contributed by atoms with Gasteiger partial charge in [0.2, 0.25) is 11.8 Å². The average Bonchev–Trinajstić information content (AvgIpc) is 3.84. The highest BCUT2D eigenvalue weighted by Gasteiger charge is 2.40. The molecular weight excluding hydrogens is 663 g/mol. The lowest BCUT2D eigenvalue weighted by Gasteiger charge is -2.39. The number of nitrogens with zero attached hydrogens (tertiary/aromatic N) is 2. The molecule has 0 aliphatic rings. The smallest absolute Gasteiger partial charge is 0.244 e. The van der Waals surface area contributed by atoms with Crippen molar-refractivity contribution in [3.8, 4) is 11.5 Å². The van der Waals surface area contributed by atoms with Gasteiger partial charge in [-0.05, 0) is 58.5 Å². The fraction of sp³-hybridized carbons (Fsp3) is 0.114. The first kappa shape index (κ1) is 34.6. The van der Waals surface area contributed by atoms with Crippen LogP contribution in [0.3, 0.4) is 0 Å². The van der Waals surface area contributed by atoms with Gasteiger partial charge in [-0.3, -0.25) is 9.59 Å². The maximum atomic E-state index is 14.0. The molecule has 0 saturated heterocycles. The number of aromatic nitrogens is 3. The zero-order chi connectivity index (χ0) is 36.6. The van der Waals surface area contributed by atoms with E-state index >= 15 is 0 Å². The van der Waals surface area contributed by atoms with Gasteiger partial charge in [-0.1, -0.05) is 115 Å². The molecule has 9 heteroatoms. The van der Waals surface area contributed by atoms with Crippen LogP contribution in [0.5, 0.6) is 11.5 Å². The Hall–Kier alpha value is -6.87. The van der Waals surface area contributed by atoms with Gasteiger partial charge >= 0.3 is 0 Å². The summed E-state index contributed by atoms with van der Waals surface area (Å²) in [4.78, 5) is 35.4. The van der Waals surface area contributed by atoms with Gasteiger partial charge in [-0.2, -0.15) is 0 Å². The first-order chi connectivity index (χ1) is 25.9. The molecule has 0 saturated carbocycles. The summed E-state index contributed by atoms with van der Waals surface area (Å²) >= 11 is 0. The van der Waals surface area contributed by atoms with E-state index in [0.717, 1.165) is 44.4 Å². The molecule has 2 amide bonds. The second-order valence-corrected chi connectivity index (χ2v) is 12.8. The van der Waals surface area contributed by atoms with Gasteiger partial charge in [0.05, 0.1) is 6.33 Å². The van der Waals surface area contributed by atoms with Gasteiger partial charge in [-0.25, -0.2) is 4.98 Å². The highest BCUT2D eigenvalue weighted by Crippen LogP contribution is 2.41. The largest absolute Gasteiger partial charge is 0.504 e. The Bertz CT molecular complexity index is 2250. The SMILES string of the molecule is O=C(/C=C/c1c[nH]c2ccccc12)N[C@@H](Cc1cncn1C(c1ccccc1)(c1ccccc1)c1ccccc1)C(=O)NCCc1ccc(O)c(O)c1. The number of carbonyl (C=O) groups excluding carboxylic acids is 2. The second kappa shape index (κ2) is 15.6. The summed E-state index contributed by atoms with van der Waals surface area (Å²) in [7, 11) is 0. The van der Waals surface area contributed by atoms with Crippen molar-refractivity contribution >= 4 is 28.8 Å². The third-order valence-corrected chi connectivity index (χ3v) is 9.49. The Labute approximate surface area is 307 Å². The standard InChI is InChI=1S/C44H39N5O4/c50-40-22-20-31(26-41(40)51)24-25-46-43(53)39(48-42(52)23-21-32-28-47-38-19-11-10-18-37(32)38)27-36-29-45-30-49(36)44(33-12-4-1-5-13-33,34-14-6-2-7-15-34)35-16-8-3-9-17-35/h1-23,26,28-30,39,47,50-51H,24-25,27H2,(H,46,53)(H,48,52)/b23-21+/t39-/m0/s1. The lowest BCUT2D eigenvalue weighted by Crippen LogP contribution is -2.49. The van der Waals surface area contributed by atoms with Crippen molar-refractivity contribution < 1.29 is 19.8 Å². The normalized spacial score (nSPS) is 12.2. The van der Waals surface area contributed by atoms with E-state index in [-0.39, 0.29) is 30.4 Å². The van der Waals surface area contributed by atoms with Crippen LogP contribution in [0.25, 0.3) is 17.0 Å². The number of phenolic OH excluding ortho intramolecular Hbond substituents is 2.